The zero-order valence-electron chi connectivity index (χ0n) is 16.5. The zero-order valence-corrected chi connectivity index (χ0v) is 16.5. The van der Waals surface area contributed by atoms with Gasteiger partial charge in [0, 0.05) is 24.6 Å². The summed E-state index contributed by atoms with van der Waals surface area (Å²) in [4.78, 5) is 15.4. The molecule has 1 amide bonds. The first-order valence-electron chi connectivity index (χ1n) is 10.1. The molecule has 3 aromatic rings. The van der Waals surface area contributed by atoms with Crippen LogP contribution in [0.25, 0.3) is 11.4 Å². The second-order valence-electron chi connectivity index (χ2n) is 7.83. The van der Waals surface area contributed by atoms with E-state index in [1.807, 2.05) is 42.5 Å². The smallest absolute Gasteiger partial charge is 0.227 e. The molecule has 1 aromatic heterocycles. The van der Waals surface area contributed by atoms with Gasteiger partial charge in [0.05, 0.1) is 19.6 Å². The van der Waals surface area contributed by atoms with Gasteiger partial charge in [-0.3, -0.25) is 4.79 Å². The second-order valence-corrected chi connectivity index (χ2v) is 7.83. The minimum absolute atomic E-state index is 0.186. The van der Waals surface area contributed by atoms with E-state index < -0.39 is 0 Å². The lowest BCUT2D eigenvalue weighted by molar-refractivity contribution is -0.133. The lowest BCUT2D eigenvalue weighted by Gasteiger charge is -2.28. The number of amides is 1. The van der Waals surface area contributed by atoms with Crippen molar-refractivity contribution >= 4 is 5.91 Å². The summed E-state index contributed by atoms with van der Waals surface area (Å²) < 4.78 is 7.51. The average Bonchev–Trinajstić information content (AvgIpc) is 3.28. The van der Waals surface area contributed by atoms with Crippen molar-refractivity contribution in [3.63, 3.8) is 0 Å². The highest BCUT2D eigenvalue weighted by Crippen LogP contribution is 2.33. The van der Waals surface area contributed by atoms with Gasteiger partial charge in [-0.05, 0) is 30.5 Å². The van der Waals surface area contributed by atoms with Gasteiger partial charge in [-0.25, -0.2) is 0 Å². The molecule has 6 nitrogen and oxygen atoms in total. The number of carbonyl (C=O) groups is 1. The van der Waals surface area contributed by atoms with Gasteiger partial charge >= 0.3 is 0 Å². The number of ether oxygens (including phenoxy) is 1. The Labute approximate surface area is 170 Å². The standard InChI is InChI=1S/C23H24N4O2/c1-29-20-9-5-6-16(12-20)13-22(28)27-18-10-11-19(27)15-26-21(14-18)24-25-23(26)17-7-3-2-4-8-17/h2-9,12,18-19H,10-11,13-15H2,1H3. The number of rotatable bonds is 4. The first-order valence-corrected chi connectivity index (χ1v) is 10.1. The molecular formula is C23H24N4O2. The van der Waals surface area contributed by atoms with Crippen LogP contribution in [0.15, 0.2) is 54.6 Å². The summed E-state index contributed by atoms with van der Waals surface area (Å²) in [5.41, 5.74) is 2.06. The van der Waals surface area contributed by atoms with Crippen molar-refractivity contribution in [2.45, 2.75) is 44.3 Å². The van der Waals surface area contributed by atoms with E-state index >= 15 is 0 Å². The third kappa shape index (κ3) is 3.28. The highest BCUT2D eigenvalue weighted by Gasteiger charge is 2.41. The number of hydrogen-bond acceptors (Lipinski definition) is 4. The molecule has 2 unspecified atom stereocenters. The molecule has 0 saturated carbocycles. The first-order chi connectivity index (χ1) is 14.2. The Morgan fingerprint density at radius 1 is 1.07 bits per heavy atom. The lowest BCUT2D eigenvalue weighted by atomic mass is 10.1. The van der Waals surface area contributed by atoms with E-state index in [9.17, 15) is 4.79 Å². The Morgan fingerprint density at radius 3 is 2.72 bits per heavy atom. The maximum atomic E-state index is 13.2. The quantitative estimate of drug-likeness (QED) is 0.689. The van der Waals surface area contributed by atoms with Crippen molar-refractivity contribution < 1.29 is 9.53 Å². The van der Waals surface area contributed by atoms with Crippen LogP contribution in [0, 0.1) is 0 Å². The molecule has 0 spiro atoms. The fourth-order valence-corrected chi connectivity index (χ4v) is 4.70. The fourth-order valence-electron chi connectivity index (χ4n) is 4.70. The molecule has 2 aliphatic heterocycles. The molecule has 0 aliphatic carbocycles. The molecule has 29 heavy (non-hydrogen) atoms. The van der Waals surface area contributed by atoms with E-state index in [0.29, 0.717) is 6.42 Å². The van der Waals surface area contributed by atoms with E-state index in [4.69, 9.17) is 4.74 Å². The van der Waals surface area contributed by atoms with Crippen LogP contribution in [0.5, 0.6) is 5.75 Å². The van der Waals surface area contributed by atoms with E-state index in [0.717, 1.165) is 54.3 Å². The Morgan fingerprint density at radius 2 is 1.90 bits per heavy atom. The van der Waals surface area contributed by atoms with Crippen molar-refractivity contribution in [3.05, 3.63) is 66.0 Å². The average molecular weight is 388 g/mol. The van der Waals surface area contributed by atoms with Crippen LogP contribution in [0.2, 0.25) is 0 Å². The Balaban J connectivity index is 1.40. The number of hydrogen-bond donors (Lipinski definition) is 0. The van der Waals surface area contributed by atoms with Crippen LogP contribution in [0.3, 0.4) is 0 Å². The third-order valence-corrected chi connectivity index (χ3v) is 6.07. The Hall–Kier alpha value is -3.15. The van der Waals surface area contributed by atoms with Crippen molar-refractivity contribution in [1.29, 1.82) is 0 Å². The van der Waals surface area contributed by atoms with Crippen LogP contribution >= 0.6 is 0 Å². The molecule has 0 N–H and O–H groups in total. The van der Waals surface area contributed by atoms with Crippen LogP contribution < -0.4 is 4.74 Å². The summed E-state index contributed by atoms with van der Waals surface area (Å²) in [5, 5.41) is 8.93. The highest BCUT2D eigenvalue weighted by molar-refractivity contribution is 5.80. The van der Waals surface area contributed by atoms with E-state index in [1.54, 1.807) is 7.11 Å². The van der Waals surface area contributed by atoms with Crippen molar-refractivity contribution in [2.24, 2.45) is 0 Å². The second kappa shape index (κ2) is 7.35. The molecule has 2 atom stereocenters. The van der Waals surface area contributed by atoms with E-state index in [1.165, 1.54) is 0 Å². The summed E-state index contributed by atoms with van der Waals surface area (Å²) >= 11 is 0. The number of nitrogens with zero attached hydrogens (tertiary/aromatic N) is 4. The summed E-state index contributed by atoms with van der Waals surface area (Å²) in [6.45, 7) is 0.757. The molecule has 2 aromatic carbocycles. The summed E-state index contributed by atoms with van der Waals surface area (Å²) in [5.74, 6) is 2.85. The minimum Gasteiger partial charge on any atom is -0.497 e. The number of methoxy groups -OCH3 is 1. The number of aromatic nitrogens is 3. The third-order valence-electron chi connectivity index (χ3n) is 6.07. The SMILES string of the molecule is COc1cccc(CC(=O)N2C3CCC2Cn2c(nnc2-c2ccccc2)C3)c1. The minimum atomic E-state index is 0.186. The molecule has 148 valence electrons. The van der Waals surface area contributed by atoms with Gasteiger partial charge in [-0.15, -0.1) is 10.2 Å². The van der Waals surface area contributed by atoms with Gasteiger partial charge in [0.2, 0.25) is 5.91 Å². The Kier molecular flexibility index (Phi) is 4.54. The van der Waals surface area contributed by atoms with Crippen LogP contribution in [-0.2, 0) is 24.2 Å². The normalized spacial score (nSPS) is 20.2. The predicted molar refractivity (Wildman–Crippen MR) is 110 cm³/mol. The maximum absolute atomic E-state index is 13.2. The molecule has 5 rings (SSSR count). The van der Waals surface area contributed by atoms with Gasteiger partial charge in [0.25, 0.3) is 0 Å². The molecular weight excluding hydrogens is 364 g/mol. The van der Waals surface area contributed by atoms with Gasteiger partial charge in [-0.1, -0.05) is 42.5 Å². The van der Waals surface area contributed by atoms with Crippen LogP contribution in [-0.4, -0.2) is 44.8 Å². The highest BCUT2D eigenvalue weighted by atomic mass is 16.5. The van der Waals surface area contributed by atoms with Crippen LogP contribution in [0.4, 0.5) is 0 Å². The monoisotopic (exact) mass is 388 g/mol. The summed E-state index contributed by atoms with van der Waals surface area (Å²) in [7, 11) is 1.65. The fraction of sp³-hybridized carbons (Fsp3) is 0.348. The van der Waals surface area contributed by atoms with Crippen molar-refractivity contribution in [2.75, 3.05) is 7.11 Å². The Bertz CT molecular complexity index is 1030. The zero-order chi connectivity index (χ0) is 19.8. The van der Waals surface area contributed by atoms with Gasteiger partial charge < -0.3 is 14.2 Å². The molecule has 6 heteroatoms. The predicted octanol–water partition coefficient (Wildman–Crippen LogP) is 3.11. The first kappa shape index (κ1) is 17.9. The van der Waals surface area contributed by atoms with Crippen LogP contribution in [0.1, 0.15) is 24.2 Å². The number of carbonyl (C=O) groups excluding carboxylic acids is 1. The van der Waals surface area contributed by atoms with Gasteiger partial charge in [0.15, 0.2) is 5.82 Å². The van der Waals surface area contributed by atoms with E-state index in [2.05, 4.69) is 31.8 Å². The van der Waals surface area contributed by atoms with E-state index in [-0.39, 0.29) is 18.0 Å². The topological polar surface area (TPSA) is 60.2 Å². The van der Waals surface area contributed by atoms with Crippen molar-refractivity contribution in [1.82, 2.24) is 19.7 Å². The van der Waals surface area contributed by atoms with Gasteiger partial charge in [-0.2, -0.15) is 0 Å². The molecule has 2 bridgehead atoms. The van der Waals surface area contributed by atoms with Crippen molar-refractivity contribution in [3.8, 4) is 17.1 Å². The lowest BCUT2D eigenvalue weighted by Crippen LogP contribution is -2.42. The molecule has 1 fully saturated rings. The molecule has 3 heterocycles. The van der Waals surface area contributed by atoms with Gasteiger partial charge in [0.1, 0.15) is 11.6 Å². The molecule has 2 aliphatic rings. The number of fused-ring (bicyclic) bond motifs is 3. The molecule has 0 radical (unpaired) electrons. The maximum Gasteiger partial charge on any atom is 0.227 e. The largest absolute Gasteiger partial charge is 0.497 e. The summed E-state index contributed by atoms with van der Waals surface area (Å²) in [6.07, 6.45) is 3.22. The number of benzene rings is 2. The summed E-state index contributed by atoms with van der Waals surface area (Å²) in [6, 6.07) is 18.3. The molecule has 1 saturated heterocycles.